The molecule has 0 fully saturated rings. The van der Waals surface area contributed by atoms with Gasteiger partial charge in [-0.15, -0.1) is 0 Å². The topological polar surface area (TPSA) is 80.7 Å². The molecule has 0 atom stereocenters. The Morgan fingerprint density at radius 2 is 2.32 bits per heavy atom. The van der Waals surface area contributed by atoms with Gasteiger partial charge >= 0.3 is 5.97 Å². The first-order chi connectivity index (χ1) is 9.15. The van der Waals surface area contributed by atoms with E-state index in [0.717, 1.165) is 5.56 Å². The van der Waals surface area contributed by atoms with Crippen LogP contribution in [0, 0.1) is 0 Å². The fourth-order valence-corrected chi connectivity index (χ4v) is 1.83. The number of nitrogens with one attached hydrogen (secondary N) is 1. The summed E-state index contributed by atoms with van der Waals surface area (Å²) in [5.74, 6) is 0.267. The number of hydrogen-bond acceptors (Lipinski definition) is 6. The van der Waals surface area contributed by atoms with Gasteiger partial charge in [0.05, 0.1) is 19.8 Å². The van der Waals surface area contributed by atoms with Crippen LogP contribution >= 0.6 is 15.9 Å². The highest BCUT2D eigenvalue weighted by molar-refractivity contribution is 9.10. The van der Waals surface area contributed by atoms with Gasteiger partial charge in [0, 0.05) is 6.54 Å². The number of hydrogen-bond donors (Lipinski definition) is 2. The lowest BCUT2D eigenvalue weighted by molar-refractivity contribution is -0.148. The summed E-state index contributed by atoms with van der Waals surface area (Å²) in [5, 5.41) is 12.1. The van der Waals surface area contributed by atoms with Crippen LogP contribution in [0.1, 0.15) is 12.5 Å². The molecule has 0 aliphatic heterocycles. The zero-order valence-corrected chi connectivity index (χ0v) is 12.3. The maximum Gasteiger partial charge on any atom is 0.332 e. The summed E-state index contributed by atoms with van der Waals surface area (Å²) >= 11 is 3.26. The first-order valence-electron chi connectivity index (χ1n) is 5.90. The summed E-state index contributed by atoms with van der Waals surface area (Å²) < 4.78 is 10.5. The van der Waals surface area contributed by atoms with E-state index in [9.17, 15) is 4.79 Å². The van der Waals surface area contributed by atoms with E-state index >= 15 is 0 Å². The van der Waals surface area contributed by atoms with Crippen LogP contribution in [0.4, 0.5) is 5.82 Å². The van der Waals surface area contributed by atoms with Crippen LogP contribution < -0.4 is 5.32 Å². The smallest absolute Gasteiger partial charge is 0.332 e. The molecule has 0 saturated carbocycles. The molecule has 1 rings (SSSR count). The number of pyridine rings is 1. The van der Waals surface area contributed by atoms with Crippen LogP contribution in [0.3, 0.4) is 0 Å². The Balaban J connectivity index is 2.26. The zero-order chi connectivity index (χ0) is 14.1. The number of anilines is 1. The highest BCUT2D eigenvalue weighted by Crippen LogP contribution is 2.14. The number of halogens is 1. The Labute approximate surface area is 120 Å². The van der Waals surface area contributed by atoms with E-state index in [4.69, 9.17) is 14.6 Å². The van der Waals surface area contributed by atoms with Crippen LogP contribution in [0.25, 0.3) is 0 Å². The van der Waals surface area contributed by atoms with Gasteiger partial charge in [0.25, 0.3) is 0 Å². The Morgan fingerprint density at radius 3 is 3.00 bits per heavy atom. The van der Waals surface area contributed by atoms with E-state index in [2.05, 4.69) is 26.2 Å². The molecule has 0 unspecified atom stereocenters. The summed E-state index contributed by atoms with van der Waals surface area (Å²) in [7, 11) is 0. The monoisotopic (exact) mass is 332 g/mol. The quantitative estimate of drug-likeness (QED) is 0.424. The highest BCUT2D eigenvalue weighted by Gasteiger charge is 2.02. The minimum absolute atomic E-state index is 0.0465. The molecule has 106 valence electrons. The van der Waals surface area contributed by atoms with E-state index in [-0.39, 0.29) is 19.2 Å². The van der Waals surface area contributed by atoms with E-state index in [1.54, 1.807) is 19.1 Å². The molecule has 0 bridgehead atoms. The molecule has 1 aromatic rings. The maximum absolute atomic E-state index is 11.0. The second kappa shape index (κ2) is 8.84. The van der Waals surface area contributed by atoms with Gasteiger partial charge in [-0.1, -0.05) is 0 Å². The fraction of sp³-hybridized carbons (Fsp3) is 0.500. The molecule has 1 aromatic heterocycles. The summed E-state index contributed by atoms with van der Waals surface area (Å²) in [6.45, 7) is 2.87. The molecule has 0 aromatic carbocycles. The third kappa shape index (κ3) is 6.51. The van der Waals surface area contributed by atoms with Crippen molar-refractivity contribution < 1.29 is 19.4 Å². The van der Waals surface area contributed by atoms with E-state index in [1.165, 1.54) is 0 Å². The number of ether oxygens (including phenoxy) is 2. The Bertz CT molecular complexity index is 415. The number of nitrogens with zero attached hydrogens (tertiary/aromatic N) is 1. The van der Waals surface area contributed by atoms with Crippen molar-refractivity contribution >= 4 is 27.7 Å². The molecule has 1 heterocycles. The van der Waals surface area contributed by atoms with Crippen molar-refractivity contribution in [3.05, 3.63) is 22.3 Å². The number of esters is 1. The zero-order valence-electron chi connectivity index (χ0n) is 10.7. The number of aromatic nitrogens is 1. The molecule has 7 heteroatoms. The molecule has 0 amide bonds. The summed E-state index contributed by atoms with van der Waals surface area (Å²) in [6, 6.07) is 3.48. The lowest BCUT2D eigenvalue weighted by atomic mass is 10.3. The summed E-state index contributed by atoms with van der Waals surface area (Å²) in [5.41, 5.74) is 0.761. The van der Waals surface area contributed by atoms with Gasteiger partial charge in [-0.2, -0.15) is 0 Å². The minimum atomic E-state index is -0.370. The Hall–Kier alpha value is -1.18. The predicted octanol–water partition coefficient (Wildman–Crippen LogP) is 1.33. The average molecular weight is 333 g/mol. The van der Waals surface area contributed by atoms with Crippen molar-refractivity contribution in [3.63, 3.8) is 0 Å². The third-order valence-corrected chi connectivity index (χ3v) is 2.52. The molecule has 0 radical (unpaired) electrons. The van der Waals surface area contributed by atoms with E-state index in [1.807, 2.05) is 0 Å². The van der Waals surface area contributed by atoms with Gasteiger partial charge in [-0.25, -0.2) is 9.78 Å². The molecule has 2 N–H and O–H groups in total. The number of aliphatic hydroxyl groups is 1. The van der Waals surface area contributed by atoms with E-state index in [0.29, 0.717) is 30.2 Å². The van der Waals surface area contributed by atoms with E-state index < -0.39 is 0 Å². The van der Waals surface area contributed by atoms with Crippen LogP contribution in [0.2, 0.25) is 0 Å². The number of carbonyl (C=O) groups excluding carboxylic acids is 1. The highest BCUT2D eigenvalue weighted by atomic mass is 79.9. The number of aliphatic hydroxyl groups excluding tert-OH is 1. The average Bonchev–Trinajstić information content (AvgIpc) is 2.38. The molecule has 0 saturated heterocycles. The molecule has 0 spiro atoms. The van der Waals surface area contributed by atoms with Gasteiger partial charge in [0.15, 0.2) is 0 Å². The first kappa shape index (κ1) is 15.9. The van der Waals surface area contributed by atoms with Crippen LogP contribution in [0.15, 0.2) is 16.7 Å². The molecule has 0 aliphatic rings. The molecule has 19 heavy (non-hydrogen) atoms. The van der Waals surface area contributed by atoms with Gasteiger partial charge in [0.1, 0.15) is 17.0 Å². The summed E-state index contributed by atoms with van der Waals surface area (Å²) in [6.07, 6.45) is 0. The largest absolute Gasteiger partial charge is 0.464 e. The molecule has 0 aliphatic carbocycles. The Kier molecular flexibility index (Phi) is 7.39. The SMILES string of the molecule is CCOC(=O)COCCNc1cc(CO)cc(Br)n1. The normalized spacial score (nSPS) is 10.3. The van der Waals surface area contributed by atoms with Gasteiger partial charge < -0.3 is 19.9 Å². The standard InChI is InChI=1S/C12H17BrN2O4/c1-2-19-12(17)8-18-4-3-14-11-6-9(7-16)5-10(13)15-11/h5-6,16H,2-4,7-8H2,1H3,(H,14,15). The van der Waals surface area contributed by atoms with Crippen molar-refractivity contribution in [2.24, 2.45) is 0 Å². The lowest BCUT2D eigenvalue weighted by Gasteiger charge is -2.08. The Morgan fingerprint density at radius 1 is 1.53 bits per heavy atom. The predicted molar refractivity (Wildman–Crippen MR) is 73.8 cm³/mol. The van der Waals surface area contributed by atoms with Gasteiger partial charge in [0.2, 0.25) is 0 Å². The summed E-state index contributed by atoms with van der Waals surface area (Å²) in [4.78, 5) is 15.2. The molecular weight excluding hydrogens is 316 g/mol. The third-order valence-electron chi connectivity index (χ3n) is 2.11. The van der Waals surface area contributed by atoms with Crippen molar-refractivity contribution in [2.75, 3.05) is 31.7 Å². The van der Waals surface area contributed by atoms with Gasteiger partial charge in [-0.05, 0) is 40.5 Å². The van der Waals surface area contributed by atoms with Crippen molar-refractivity contribution in [1.82, 2.24) is 4.98 Å². The maximum atomic E-state index is 11.0. The van der Waals surface area contributed by atoms with Crippen LogP contribution in [-0.2, 0) is 20.9 Å². The number of rotatable bonds is 8. The van der Waals surface area contributed by atoms with Crippen molar-refractivity contribution in [1.29, 1.82) is 0 Å². The van der Waals surface area contributed by atoms with Gasteiger partial charge in [-0.3, -0.25) is 0 Å². The minimum Gasteiger partial charge on any atom is -0.464 e. The van der Waals surface area contributed by atoms with Crippen LogP contribution in [0.5, 0.6) is 0 Å². The van der Waals surface area contributed by atoms with Crippen molar-refractivity contribution in [2.45, 2.75) is 13.5 Å². The lowest BCUT2D eigenvalue weighted by Crippen LogP contribution is -2.17. The first-order valence-corrected chi connectivity index (χ1v) is 6.69. The van der Waals surface area contributed by atoms with Crippen LogP contribution in [-0.4, -0.2) is 42.4 Å². The fourth-order valence-electron chi connectivity index (χ4n) is 1.34. The molecular formula is C12H17BrN2O4. The second-order valence-corrected chi connectivity index (χ2v) is 4.44. The molecule has 6 nitrogen and oxygen atoms in total. The number of carbonyl (C=O) groups is 1. The van der Waals surface area contributed by atoms with Crippen molar-refractivity contribution in [3.8, 4) is 0 Å². The second-order valence-electron chi connectivity index (χ2n) is 3.63.